The average Bonchev–Trinajstić information content (AvgIpc) is 3.26. The second-order valence-corrected chi connectivity index (χ2v) is 5.98. The monoisotopic (exact) mass is 355 g/mol. The van der Waals surface area contributed by atoms with Crippen LogP contribution in [0.4, 0.5) is 5.82 Å². The second-order valence-electron chi connectivity index (χ2n) is 5.98. The second kappa shape index (κ2) is 6.79. The number of nitrogens with zero attached hydrogens (tertiary/aromatic N) is 4. The van der Waals surface area contributed by atoms with Gasteiger partial charge in [0.25, 0.3) is 5.91 Å². The minimum atomic E-state index is -0.880. The highest BCUT2D eigenvalue weighted by Crippen LogP contribution is 2.29. The van der Waals surface area contributed by atoms with Crippen LogP contribution in [0.5, 0.6) is 0 Å². The van der Waals surface area contributed by atoms with Crippen molar-refractivity contribution in [3.05, 3.63) is 48.5 Å². The number of hydrogen-bond acceptors (Lipinski definition) is 7. The lowest BCUT2D eigenvalue weighted by molar-refractivity contribution is 0.00206. The molecule has 4 rings (SSSR count). The van der Waals surface area contributed by atoms with Gasteiger partial charge in [0.15, 0.2) is 17.0 Å². The van der Waals surface area contributed by atoms with Gasteiger partial charge in [-0.1, -0.05) is 18.2 Å². The normalized spacial score (nSPS) is 22.6. The van der Waals surface area contributed by atoms with E-state index in [0.717, 1.165) is 0 Å². The number of carbonyl (C=O) groups excluding carboxylic acids is 1. The Labute approximate surface area is 148 Å². The number of benzene rings is 1. The maximum Gasteiger partial charge on any atom is 0.256 e. The highest BCUT2D eigenvalue weighted by molar-refractivity contribution is 6.06. The largest absolute Gasteiger partial charge is 0.394 e. The van der Waals surface area contributed by atoms with Crippen LogP contribution in [0.3, 0.4) is 0 Å². The number of ether oxygens (including phenoxy) is 1. The van der Waals surface area contributed by atoms with Gasteiger partial charge in [-0.2, -0.15) is 0 Å². The number of amides is 1. The minimum absolute atomic E-state index is 0.230. The molecule has 1 aliphatic rings. The van der Waals surface area contributed by atoms with Gasteiger partial charge in [0.05, 0.1) is 25.6 Å². The van der Waals surface area contributed by atoms with Crippen LogP contribution in [0, 0.1) is 0 Å². The van der Waals surface area contributed by atoms with Crippen LogP contribution < -0.4 is 5.32 Å². The maximum absolute atomic E-state index is 12.4. The van der Waals surface area contributed by atoms with E-state index in [2.05, 4.69) is 20.3 Å². The van der Waals surface area contributed by atoms with E-state index in [0.29, 0.717) is 16.7 Å². The molecule has 0 radical (unpaired) electrons. The third kappa shape index (κ3) is 2.81. The van der Waals surface area contributed by atoms with Crippen molar-refractivity contribution in [2.45, 2.75) is 18.2 Å². The Morgan fingerprint density at radius 1 is 1.27 bits per heavy atom. The summed E-state index contributed by atoms with van der Waals surface area (Å²) in [6, 6.07) is 8.36. The predicted molar refractivity (Wildman–Crippen MR) is 91.6 cm³/mol. The van der Waals surface area contributed by atoms with Crippen molar-refractivity contribution in [1.29, 1.82) is 0 Å². The fourth-order valence-corrected chi connectivity index (χ4v) is 3.03. The summed E-state index contributed by atoms with van der Waals surface area (Å²) in [6.45, 7) is -0.0365. The van der Waals surface area contributed by atoms with Crippen molar-refractivity contribution in [3.8, 4) is 0 Å². The van der Waals surface area contributed by atoms with Crippen LogP contribution in [0.1, 0.15) is 16.4 Å². The van der Waals surface area contributed by atoms with Crippen LogP contribution in [0.25, 0.3) is 11.2 Å². The number of aromatic nitrogens is 4. The zero-order valence-corrected chi connectivity index (χ0v) is 13.7. The first-order valence-corrected chi connectivity index (χ1v) is 8.13. The minimum Gasteiger partial charge on any atom is -0.394 e. The van der Waals surface area contributed by atoms with Crippen molar-refractivity contribution in [2.75, 3.05) is 18.5 Å². The lowest BCUT2D eigenvalue weighted by Gasteiger charge is -2.17. The fourth-order valence-electron chi connectivity index (χ4n) is 3.03. The molecule has 2 aromatic heterocycles. The van der Waals surface area contributed by atoms with Crippen LogP contribution in [-0.2, 0) is 4.74 Å². The van der Waals surface area contributed by atoms with Gasteiger partial charge in [-0.05, 0) is 12.1 Å². The molecule has 3 heterocycles. The van der Waals surface area contributed by atoms with E-state index in [1.54, 1.807) is 28.8 Å². The van der Waals surface area contributed by atoms with Gasteiger partial charge in [-0.25, -0.2) is 15.0 Å². The van der Waals surface area contributed by atoms with E-state index < -0.39 is 18.2 Å². The Hall–Kier alpha value is -2.88. The summed E-state index contributed by atoms with van der Waals surface area (Å²) in [5.41, 5.74) is 1.38. The van der Waals surface area contributed by atoms with Gasteiger partial charge < -0.3 is 24.8 Å². The number of nitrogens with one attached hydrogen (secondary N) is 1. The Bertz CT molecular complexity index is 929. The van der Waals surface area contributed by atoms with Gasteiger partial charge in [0.1, 0.15) is 18.5 Å². The molecule has 9 heteroatoms. The van der Waals surface area contributed by atoms with Gasteiger partial charge in [-0.15, -0.1) is 0 Å². The predicted octanol–water partition coefficient (Wildman–Crippen LogP) is 0.372. The van der Waals surface area contributed by atoms with Crippen molar-refractivity contribution in [2.24, 2.45) is 0 Å². The van der Waals surface area contributed by atoms with Crippen LogP contribution in [-0.4, -0.2) is 61.1 Å². The number of fused-ring (bicyclic) bond motifs is 1. The van der Waals surface area contributed by atoms with Crippen molar-refractivity contribution < 1.29 is 19.7 Å². The highest BCUT2D eigenvalue weighted by atomic mass is 16.5. The Morgan fingerprint density at radius 3 is 2.81 bits per heavy atom. The molecule has 1 aromatic carbocycles. The number of hydrogen-bond donors (Lipinski definition) is 3. The van der Waals surface area contributed by atoms with Gasteiger partial charge >= 0.3 is 0 Å². The van der Waals surface area contributed by atoms with Crippen LogP contribution in [0.2, 0.25) is 0 Å². The topological polar surface area (TPSA) is 122 Å². The van der Waals surface area contributed by atoms with E-state index in [1.807, 2.05) is 6.07 Å². The van der Waals surface area contributed by atoms with E-state index in [9.17, 15) is 15.0 Å². The Kier molecular flexibility index (Phi) is 4.33. The molecule has 3 atom stereocenters. The van der Waals surface area contributed by atoms with Gasteiger partial charge in [0.2, 0.25) is 0 Å². The zero-order valence-electron chi connectivity index (χ0n) is 13.7. The van der Waals surface area contributed by atoms with Crippen molar-refractivity contribution in [3.63, 3.8) is 0 Å². The molecule has 3 aromatic rings. The highest BCUT2D eigenvalue weighted by Gasteiger charge is 2.37. The quantitative estimate of drug-likeness (QED) is 0.618. The first kappa shape index (κ1) is 16.6. The zero-order chi connectivity index (χ0) is 18.1. The molecule has 1 fully saturated rings. The molecule has 1 unspecified atom stereocenters. The molecule has 0 aliphatic carbocycles. The maximum atomic E-state index is 12.4. The lowest BCUT2D eigenvalue weighted by Crippen LogP contribution is -2.30. The van der Waals surface area contributed by atoms with Gasteiger partial charge in [-0.3, -0.25) is 4.79 Å². The molecule has 1 saturated heterocycles. The third-order valence-electron chi connectivity index (χ3n) is 4.42. The number of rotatable bonds is 4. The number of aliphatic hydroxyl groups excluding tert-OH is 2. The van der Waals surface area contributed by atoms with E-state index >= 15 is 0 Å². The summed E-state index contributed by atoms with van der Waals surface area (Å²) in [5, 5.41) is 22.3. The smallest absolute Gasteiger partial charge is 0.256 e. The van der Waals surface area contributed by atoms with Crippen LogP contribution in [0.15, 0.2) is 43.0 Å². The van der Waals surface area contributed by atoms with E-state index in [-0.39, 0.29) is 24.9 Å². The first-order valence-electron chi connectivity index (χ1n) is 8.13. The SMILES string of the molecule is O=C(Nc1ncnc2c1ncn2[C@@H]1COC(CO)[C@H]1O)c1ccccc1. The van der Waals surface area contributed by atoms with E-state index in [4.69, 9.17) is 4.74 Å². The van der Waals surface area contributed by atoms with E-state index in [1.165, 1.54) is 12.7 Å². The van der Waals surface area contributed by atoms with Gasteiger partial charge in [0, 0.05) is 5.56 Å². The molecule has 3 N–H and O–H groups in total. The summed E-state index contributed by atoms with van der Waals surface area (Å²) >= 11 is 0. The number of aliphatic hydroxyl groups is 2. The van der Waals surface area contributed by atoms with Crippen molar-refractivity contribution in [1.82, 2.24) is 19.5 Å². The summed E-state index contributed by atoms with van der Waals surface area (Å²) in [7, 11) is 0. The first-order chi connectivity index (χ1) is 12.7. The number of carbonyl (C=O) groups is 1. The standard InChI is InChI=1S/C17H17N5O4/c23-6-12-14(24)11(7-26-12)22-9-20-13-15(18-8-19-16(13)22)21-17(25)10-4-2-1-3-5-10/h1-5,8-9,11-12,14,23-24H,6-7H2,(H,18,19,21,25)/t11-,12?,14+/m1/s1. The lowest BCUT2D eigenvalue weighted by atomic mass is 10.1. The summed E-state index contributed by atoms with van der Waals surface area (Å²) in [4.78, 5) is 25.0. The summed E-state index contributed by atoms with van der Waals surface area (Å²) < 4.78 is 7.07. The molecular weight excluding hydrogens is 338 g/mol. The number of anilines is 1. The molecule has 26 heavy (non-hydrogen) atoms. The Morgan fingerprint density at radius 2 is 2.08 bits per heavy atom. The van der Waals surface area contributed by atoms with Crippen LogP contribution >= 0.6 is 0 Å². The molecular formula is C17H17N5O4. The summed E-state index contributed by atoms with van der Waals surface area (Å²) in [6.07, 6.45) is 1.33. The molecule has 1 amide bonds. The molecule has 0 saturated carbocycles. The Balaban J connectivity index is 1.65. The molecule has 0 spiro atoms. The molecule has 1 aliphatic heterocycles. The van der Waals surface area contributed by atoms with Crippen molar-refractivity contribution >= 4 is 22.9 Å². The average molecular weight is 355 g/mol. The molecule has 0 bridgehead atoms. The summed E-state index contributed by atoms with van der Waals surface area (Å²) in [5.74, 6) is -0.0144. The fraction of sp³-hybridized carbons (Fsp3) is 0.294. The third-order valence-corrected chi connectivity index (χ3v) is 4.42. The molecule has 9 nitrogen and oxygen atoms in total. The number of imidazole rings is 1. The molecule has 134 valence electrons.